The molecule has 0 radical (unpaired) electrons. The molecule has 0 aromatic rings. The zero-order chi connectivity index (χ0) is 13.0. The average molecular weight is 252 g/mol. The van der Waals surface area contributed by atoms with Gasteiger partial charge in [-0.3, -0.25) is 4.79 Å². The van der Waals surface area contributed by atoms with Gasteiger partial charge < -0.3 is 11.1 Å². The summed E-state index contributed by atoms with van der Waals surface area (Å²) in [4.78, 5) is 11.2. The molecule has 3 nitrogen and oxygen atoms in total. The summed E-state index contributed by atoms with van der Waals surface area (Å²) in [5.74, 6) is 1.44. The van der Waals surface area contributed by atoms with E-state index < -0.39 is 0 Å². The number of nitrogens with two attached hydrogens (primary N) is 1. The third kappa shape index (κ3) is 3.47. The largest absolute Gasteiger partial charge is 0.368 e. The number of hydrogen-bond donors (Lipinski definition) is 2. The topological polar surface area (TPSA) is 55.1 Å². The molecule has 0 aliphatic heterocycles. The molecule has 2 aliphatic rings. The summed E-state index contributed by atoms with van der Waals surface area (Å²) >= 11 is 0. The molecule has 0 spiro atoms. The van der Waals surface area contributed by atoms with Crippen LogP contribution in [0.4, 0.5) is 0 Å². The maximum absolute atomic E-state index is 11.2. The molecule has 1 amide bonds. The Hall–Kier alpha value is -0.570. The molecule has 2 fully saturated rings. The lowest BCUT2D eigenvalue weighted by Crippen LogP contribution is -2.50. The highest BCUT2D eigenvalue weighted by molar-refractivity contribution is 5.79. The summed E-state index contributed by atoms with van der Waals surface area (Å²) in [6, 6.07) is 0.337. The number of primary amides is 1. The molecular weight excluding hydrogens is 224 g/mol. The molecule has 3 heteroatoms. The quantitative estimate of drug-likeness (QED) is 0.808. The zero-order valence-electron chi connectivity index (χ0n) is 11.7. The van der Waals surface area contributed by atoms with Crippen LogP contribution in [0.2, 0.25) is 0 Å². The van der Waals surface area contributed by atoms with Gasteiger partial charge in [0.2, 0.25) is 5.91 Å². The van der Waals surface area contributed by atoms with Gasteiger partial charge in [0, 0.05) is 6.04 Å². The third-order valence-electron chi connectivity index (χ3n) is 4.97. The number of rotatable bonds is 4. The molecule has 3 unspecified atom stereocenters. The van der Waals surface area contributed by atoms with Crippen molar-refractivity contribution in [3.05, 3.63) is 0 Å². The molecule has 0 bridgehead atoms. The zero-order valence-corrected chi connectivity index (χ0v) is 11.7. The van der Waals surface area contributed by atoms with E-state index >= 15 is 0 Å². The maximum atomic E-state index is 11.2. The van der Waals surface area contributed by atoms with Crippen molar-refractivity contribution in [3.8, 4) is 0 Å². The highest BCUT2D eigenvalue weighted by Crippen LogP contribution is 2.38. The molecule has 2 rings (SSSR count). The second-order valence-corrected chi connectivity index (χ2v) is 6.24. The first-order valence-corrected chi connectivity index (χ1v) is 7.74. The number of nitrogens with one attached hydrogen (secondary N) is 1. The van der Waals surface area contributed by atoms with Gasteiger partial charge in [-0.2, -0.15) is 0 Å². The first kappa shape index (κ1) is 13.9. The van der Waals surface area contributed by atoms with E-state index in [1.807, 2.05) is 6.92 Å². The van der Waals surface area contributed by atoms with Gasteiger partial charge in [-0.05, 0) is 31.6 Å². The van der Waals surface area contributed by atoms with Crippen LogP contribution >= 0.6 is 0 Å². The predicted molar refractivity (Wildman–Crippen MR) is 74.1 cm³/mol. The Labute approximate surface area is 111 Å². The SMILES string of the molecule is CC(NC1CCCCC1C1CCCCC1)C(N)=O. The molecule has 0 saturated heterocycles. The van der Waals surface area contributed by atoms with Crippen LogP contribution in [-0.4, -0.2) is 18.0 Å². The van der Waals surface area contributed by atoms with Crippen LogP contribution < -0.4 is 11.1 Å². The minimum Gasteiger partial charge on any atom is -0.368 e. The van der Waals surface area contributed by atoms with Crippen LogP contribution in [0.3, 0.4) is 0 Å². The van der Waals surface area contributed by atoms with E-state index in [1.54, 1.807) is 0 Å². The monoisotopic (exact) mass is 252 g/mol. The fourth-order valence-corrected chi connectivity index (χ4v) is 3.90. The van der Waals surface area contributed by atoms with Crippen LogP contribution in [0, 0.1) is 11.8 Å². The van der Waals surface area contributed by atoms with Crippen molar-refractivity contribution in [3.63, 3.8) is 0 Å². The van der Waals surface area contributed by atoms with Crippen molar-refractivity contribution in [2.45, 2.75) is 76.8 Å². The molecule has 0 aromatic heterocycles. The number of amides is 1. The Morgan fingerprint density at radius 2 is 1.67 bits per heavy atom. The second kappa shape index (κ2) is 6.55. The lowest BCUT2D eigenvalue weighted by atomic mass is 9.71. The van der Waals surface area contributed by atoms with E-state index in [4.69, 9.17) is 5.73 Å². The molecule has 0 heterocycles. The first-order chi connectivity index (χ1) is 8.68. The summed E-state index contributed by atoms with van der Waals surface area (Å²) in [6.07, 6.45) is 12.2. The molecule has 3 atom stereocenters. The smallest absolute Gasteiger partial charge is 0.234 e. The summed E-state index contributed by atoms with van der Waals surface area (Å²) in [6.45, 7) is 1.90. The van der Waals surface area contributed by atoms with Gasteiger partial charge in [-0.25, -0.2) is 0 Å². The Kier molecular flexibility index (Phi) is 5.04. The molecule has 2 aliphatic carbocycles. The van der Waals surface area contributed by atoms with E-state index in [0.717, 1.165) is 11.8 Å². The van der Waals surface area contributed by atoms with Gasteiger partial charge in [-0.15, -0.1) is 0 Å². The van der Waals surface area contributed by atoms with Crippen LogP contribution in [-0.2, 0) is 4.79 Å². The third-order valence-corrected chi connectivity index (χ3v) is 4.97. The Balaban J connectivity index is 1.94. The van der Waals surface area contributed by atoms with Gasteiger partial charge in [0.05, 0.1) is 6.04 Å². The fourth-order valence-electron chi connectivity index (χ4n) is 3.90. The molecule has 18 heavy (non-hydrogen) atoms. The van der Waals surface area contributed by atoms with Crippen molar-refractivity contribution < 1.29 is 4.79 Å². The minimum atomic E-state index is -0.219. The second-order valence-electron chi connectivity index (χ2n) is 6.24. The van der Waals surface area contributed by atoms with Crippen LogP contribution in [0.5, 0.6) is 0 Å². The van der Waals surface area contributed by atoms with Gasteiger partial charge in [0.25, 0.3) is 0 Å². The molecule has 3 N–H and O–H groups in total. The van der Waals surface area contributed by atoms with Gasteiger partial charge in [-0.1, -0.05) is 44.9 Å². The maximum Gasteiger partial charge on any atom is 0.234 e. The van der Waals surface area contributed by atoms with E-state index in [1.165, 1.54) is 57.8 Å². The van der Waals surface area contributed by atoms with Crippen molar-refractivity contribution >= 4 is 5.91 Å². The van der Waals surface area contributed by atoms with Crippen molar-refractivity contribution in [2.24, 2.45) is 17.6 Å². The lowest BCUT2D eigenvalue weighted by Gasteiger charge is -2.40. The van der Waals surface area contributed by atoms with E-state index in [9.17, 15) is 4.79 Å². The van der Waals surface area contributed by atoms with Crippen molar-refractivity contribution in [2.75, 3.05) is 0 Å². The average Bonchev–Trinajstić information content (AvgIpc) is 2.40. The van der Waals surface area contributed by atoms with Gasteiger partial charge in [0.15, 0.2) is 0 Å². The van der Waals surface area contributed by atoms with E-state index in [-0.39, 0.29) is 11.9 Å². The fraction of sp³-hybridized carbons (Fsp3) is 0.933. The van der Waals surface area contributed by atoms with Crippen LogP contribution in [0.25, 0.3) is 0 Å². The summed E-state index contributed by atoms with van der Waals surface area (Å²) < 4.78 is 0. The first-order valence-electron chi connectivity index (χ1n) is 7.74. The molecule has 0 aromatic carbocycles. The summed E-state index contributed by atoms with van der Waals surface area (Å²) in [5, 5.41) is 3.49. The van der Waals surface area contributed by atoms with E-state index in [2.05, 4.69) is 5.32 Å². The predicted octanol–water partition coefficient (Wildman–Crippen LogP) is 2.59. The van der Waals surface area contributed by atoms with Crippen LogP contribution in [0.15, 0.2) is 0 Å². The number of hydrogen-bond acceptors (Lipinski definition) is 2. The molecular formula is C15H28N2O. The number of carbonyl (C=O) groups excluding carboxylic acids is 1. The standard InChI is InChI=1S/C15H28N2O/c1-11(15(16)18)17-14-10-6-5-9-13(14)12-7-3-2-4-8-12/h11-14,17H,2-10H2,1H3,(H2,16,18). The van der Waals surface area contributed by atoms with Gasteiger partial charge >= 0.3 is 0 Å². The number of carbonyl (C=O) groups is 1. The summed E-state index contributed by atoms with van der Waals surface area (Å²) in [5.41, 5.74) is 5.38. The van der Waals surface area contributed by atoms with E-state index in [0.29, 0.717) is 6.04 Å². The Morgan fingerprint density at radius 3 is 2.33 bits per heavy atom. The lowest BCUT2D eigenvalue weighted by molar-refractivity contribution is -0.120. The van der Waals surface area contributed by atoms with Gasteiger partial charge in [0.1, 0.15) is 0 Å². The van der Waals surface area contributed by atoms with Crippen molar-refractivity contribution in [1.82, 2.24) is 5.32 Å². The highest BCUT2D eigenvalue weighted by Gasteiger charge is 2.33. The van der Waals surface area contributed by atoms with Crippen LogP contribution in [0.1, 0.15) is 64.7 Å². The highest BCUT2D eigenvalue weighted by atomic mass is 16.1. The molecule has 104 valence electrons. The normalized spacial score (nSPS) is 32.1. The minimum absolute atomic E-state index is 0.181. The Bertz CT molecular complexity index is 274. The summed E-state index contributed by atoms with van der Waals surface area (Å²) in [7, 11) is 0. The van der Waals surface area contributed by atoms with Crippen molar-refractivity contribution in [1.29, 1.82) is 0 Å². The molecule has 2 saturated carbocycles. The Morgan fingerprint density at radius 1 is 1.06 bits per heavy atom.